The lowest BCUT2D eigenvalue weighted by molar-refractivity contribution is 0.668. The average molecular weight is 591 g/mol. The molecule has 216 valence electrons. The molecule has 0 aliphatic heterocycles. The number of benzene rings is 6. The van der Waals surface area contributed by atoms with Crippen LogP contribution in [0.15, 0.2) is 136 Å². The van der Waals surface area contributed by atoms with Gasteiger partial charge in [-0.1, -0.05) is 60.7 Å². The van der Waals surface area contributed by atoms with Crippen LogP contribution in [-0.4, -0.2) is 9.13 Å². The van der Waals surface area contributed by atoms with Crippen molar-refractivity contribution in [3.8, 4) is 11.4 Å². The first kappa shape index (κ1) is 24.3. The molecule has 0 saturated carbocycles. The fourth-order valence-electron chi connectivity index (χ4n) is 7.96. The lowest BCUT2D eigenvalue weighted by Gasteiger charge is -2.12. The number of hydrogen-bond acceptors (Lipinski definition) is 2. The van der Waals surface area contributed by atoms with Crippen LogP contribution in [0.25, 0.3) is 94.0 Å². The number of hydrogen-bond donors (Lipinski definition) is 0. The Morgan fingerprint density at radius 1 is 0.435 bits per heavy atom. The minimum absolute atomic E-state index is 0.906. The summed E-state index contributed by atoms with van der Waals surface area (Å²) in [5, 5.41) is 8.40. The predicted octanol–water partition coefficient (Wildman–Crippen LogP) is 11.5. The molecule has 6 aromatic carbocycles. The number of aryl methyl sites for hydroxylation is 1. The standard InChI is InChI=1S/C42H26N2O2/c1-5-13-35-27(9-1)31-23-32-28-10-2-6-14-36(28)44(26-18-20-42-34(22-26)30-12-4-8-16-40(30)46-42)38(32)24-37(31)43(35)25-17-19-41-33(21-25)29-11-3-7-15-39(29)45-41/h1,3-9,11-24H,2,10H2. The second-order valence-corrected chi connectivity index (χ2v) is 12.4. The highest BCUT2D eigenvalue weighted by atomic mass is 16.3. The summed E-state index contributed by atoms with van der Waals surface area (Å²) in [6, 6.07) is 43.4. The number of allylic oxidation sites excluding steroid dienone is 1. The lowest BCUT2D eigenvalue weighted by atomic mass is 10.00. The van der Waals surface area contributed by atoms with Crippen LogP contribution in [0.5, 0.6) is 0 Å². The quantitative estimate of drug-likeness (QED) is 0.201. The van der Waals surface area contributed by atoms with Gasteiger partial charge in [0.05, 0.1) is 16.6 Å². The molecule has 10 aromatic rings. The van der Waals surface area contributed by atoms with Crippen LogP contribution in [0.3, 0.4) is 0 Å². The molecule has 0 atom stereocenters. The summed E-state index contributed by atoms with van der Waals surface area (Å²) >= 11 is 0. The topological polar surface area (TPSA) is 36.1 Å². The van der Waals surface area contributed by atoms with Gasteiger partial charge in [-0.2, -0.15) is 0 Å². The molecular formula is C42H26N2O2. The first-order chi connectivity index (χ1) is 22.8. The molecule has 46 heavy (non-hydrogen) atoms. The third-order valence-electron chi connectivity index (χ3n) is 9.98. The number of para-hydroxylation sites is 3. The van der Waals surface area contributed by atoms with Crippen LogP contribution in [0.1, 0.15) is 17.7 Å². The Hall–Kier alpha value is -6.00. The Balaban J connectivity index is 1.24. The smallest absolute Gasteiger partial charge is 0.135 e. The first-order valence-corrected chi connectivity index (χ1v) is 15.9. The van der Waals surface area contributed by atoms with E-state index < -0.39 is 0 Å². The van der Waals surface area contributed by atoms with Crippen molar-refractivity contribution in [1.82, 2.24) is 9.13 Å². The molecular weight excluding hydrogens is 564 g/mol. The van der Waals surface area contributed by atoms with Crippen molar-refractivity contribution >= 4 is 82.7 Å². The summed E-state index contributed by atoms with van der Waals surface area (Å²) in [6.07, 6.45) is 6.70. The Bertz CT molecular complexity index is 2920. The second-order valence-electron chi connectivity index (χ2n) is 12.4. The minimum atomic E-state index is 0.906. The van der Waals surface area contributed by atoms with Crippen molar-refractivity contribution in [2.24, 2.45) is 0 Å². The van der Waals surface area contributed by atoms with Gasteiger partial charge < -0.3 is 18.0 Å². The van der Waals surface area contributed by atoms with Crippen LogP contribution < -0.4 is 0 Å². The molecule has 4 nitrogen and oxygen atoms in total. The maximum Gasteiger partial charge on any atom is 0.135 e. The van der Waals surface area contributed by atoms with E-state index in [9.17, 15) is 0 Å². The van der Waals surface area contributed by atoms with Crippen molar-refractivity contribution in [2.75, 3.05) is 0 Å². The fourth-order valence-corrected chi connectivity index (χ4v) is 7.96. The summed E-state index contributed by atoms with van der Waals surface area (Å²) in [5.41, 5.74) is 12.2. The molecule has 4 aromatic heterocycles. The number of fused-ring (bicyclic) bond motifs is 12. The third-order valence-corrected chi connectivity index (χ3v) is 9.98. The normalized spacial score (nSPS) is 13.4. The maximum absolute atomic E-state index is 6.20. The molecule has 0 spiro atoms. The van der Waals surface area contributed by atoms with Gasteiger partial charge in [0.25, 0.3) is 0 Å². The van der Waals surface area contributed by atoms with Crippen molar-refractivity contribution in [1.29, 1.82) is 0 Å². The van der Waals surface area contributed by atoms with Crippen LogP contribution in [0.2, 0.25) is 0 Å². The number of furan rings is 2. The SMILES string of the molecule is C1=Cc2c(c3cc4c5ccccc5n(-c5ccc6oc7ccccc7c6c5)c4cc3n2-c2ccc3oc4ccccc4c3c2)CC1. The van der Waals surface area contributed by atoms with E-state index in [1.165, 1.54) is 44.0 Å². The van der Waals surface area contributed by atoms with Gasteiger partial charge in [-0.25, -0.2) is 0 Å². The minimum Gasteiger partial charge on any atom is -0.456 e. The van der Waals surface area contributed by atoms with Gasteiger partial charge in [-0.15, -0.1) is 0 Å². The van der Waals surface area contributed by atoms with Crippen LogP contribution in [0, 0.1) is 0 Å². The Labute approximate surface area is 263 Å². The summed E-state index contributed by atoms with van der Waals surface area (Å²) in [7, 11) is 0. The van der Waals surface area contributed by atoms with E-state index in [1.54, 1.807) is 0 Å². The van der Waals surface area contributed by atoms with Crippen molar-refractivity contribution in [2.45, 2.75) is 12.8 Å². The van der Waals surface area contributed by atoms with Crippen molar-refractivity contribution < 1.29 is 8.83 Å². The van der Waals surface area contributed by atoms with E-state index in [4.69, 9.17) is 8.83 Å². The van der Waals surface area contributed by atoms with Crippen molar-refractivity contribution in [3.63, 3.8) is 0 Å². The van der Waals surface area contributed by atoms with E-state index in [0.717, 1.165) is 68.1 Å². The lowest BCUT2D eigenvalue weighted by Crippen LogP contribution is -2.00. The molecule has 0 amide bonds. The molecule has 4 heteroatoms. The van der Waals surface area contributed by atoms with E-state index in [-0.39, 0.29) is 0 Å². The number of aromatic nitrogens is 2. The zero-order chi connectivity index (χ0) is 29.9. The highest BCUT2D eigenvalue weighted by Crippen LogP contribution is 2.42. The molecule has 0 bridgehead atoms. The second kappa shape index (κ2) is 8.80. The Morgan fingerprint density at radius 2 is 1.02 bits per heavy atom. The van der Waals surface area contributed by atoms with Gasteiger partial charge in [-0.05, 0) is 91.2 Å². The molecule has 4 heterocycles. The van der Waals surface area contributed by atoms with E-state index in [0.29, 0.717) is 0 Å². The van der Waals surface area contributed by atoms with Gasteiger partial charge in [0, 0.05) is 54.8 Å². The first-order valence-electron chi connectivity index (χ1n) is 15.9. The molecule has 1 aliphatic carbocycles. The third kappa shape index (κ3) is 3.18. The molecule has 1 aliphatic rings. The Kier molecular flexibility index (Phi) is 4.66. The van der Waals surface area contributed by atoms with Gasteiger partial charge in [-0.3, -0.25) is 0 Å². The van der Waals surface area contributed by atoms with Crippen LogP contribution in [0.4, 0.5) is 0 Å². The monoisotopic (exact) mass is 590 g/mol. The summed E-state index contributed by atoms with van der Waals surface area (Å²) in [6.45, 7) is 0. The van der Waals surface area contributed by atoms with E-state index in [1.807, 2.05) is 24.3 Å². The highest BCUT2D eigenvalue weighted by molar-refractivity contribution is 6.15. The van der Waals surface area contributed by atoms with Crippen LogP contribution >= 0.6 is 0 Å². The van der Waals surface area contributed by atoms with Gasteiger partial charge in [0.2, 0.25) is 0 Å². The number of nitrogens with zero attached hydrogens (tertiary/aromatic N) is 2. The largest absolute Gasteiger partial charge is 0.456 e. The summed E-state index contributed by atoms with van der Waals surface area (Å²) in [5.74, 6) is 0. The van der Waals surface area contributed by atoms with Gasteiger partial charge in [0.1, 0.15) is 22.3 Å². The van der Waals surface area contributed by atoms with E-state index in [2.05, 4.69) is 118 Å². The predicted molar refractivity (Wildman–Crippen MR) is 190 cm³/mol. The van der Waals surface area contributed by atoms with Crippen LogP contribution in [-0.2, 0) is 6.42 Å². The molecule has 0 saturated heterocycles. The van der Waals surface area contributed by atoms with Crippen molar-refractivity contribution in [3.05, 3.63) is 139 Å². The maximum atomic E-state index is 6.20. The summed E-state index contributed by atoms with van der Waals surface area (Å²) < 4.78 is 17.3. The fraction of sp³-hybridized carbons (Fsp3) is 0.0476. The number of rotatable bonds is 2. The molecule has 0 N–H and O–H groups in total. The molecule has 11 rings (SSSR count). The van der Waals surface area contributed by atoms with E-state index >= 15 is 0 Å². The van der Waals surface area contributed by atoms with Gasteiger partial charge >= 0.3 is 0 Å². The summed E-state index contributed by atoms with van der Waals surface area (Å²) in [4.78, 5) is 0. The molecule has 0 fully saturated rings. The zero-order valence-electron chi connectivity index (χ0n) is 24.8. The zero-order valence-corrected chi connectivity index (χ0v) is 24.8. The molecule has 0 unspecified atom stereocenters. The molecule has 0 radical (unpaired) electrons. The average Bonchev–Trinajstić information content (AvgIpc) is 3.84. The Morgan fingerprint density at radius 3 is 1.74 bits per heavy atom. The highest BCUT2D eigenvalue weighted by Gasteiger charge is 2.23. The van der Waals surface area contributed by atoms with Gasteiger partial charge in [0.15, 0.2) is 0 Å².